The molecule has 0 radical (unpaired) electrons. The molecule has 3 rings (SSSR count). The van der Waals surface area contributed by atoms with Crippen molar-refractivity contribution in [2.45, 2.75) is 19.4 Å². The van der Waals surface area contributed by atoms with Gasteiger partial charge in [-0.05, 0) is 31.2 Å². The third-order valence-corrected chi connectivity index (χ3v) is 3.87. The SMILES string of the molecule is COc1ccc2c(c1)O[C@@H](C)C/C2=N\OC(=O)c1ccccc1OC. The molecule has 0 N–H and O–H groups in total. The quantitative estimate of drug-likeness (QED) is 0.629. The summed E-state index contributed by atoms with van der Waals surface area (Å²) in [4.78, 5) is 17.5. The van der Waals surface area contributed by atoms with Gasteiger partial charge in [0.2, 0.25) is 0 Å². The number of carbonyl (C=O) groups excluding carboxylic acids is 1. The predicted molar refractivity (Wildman–Crippen MR) is 92.6 cm³/mol. The van der Waals surface area contributed by atoms with Crippen LogP contribution >= 0.6 is 0 Å². The largest absolute Gasteiger partial charge is 0.497 e. The first-order valence-corrected chi connectivity index (χ1v) is 7.88. The molecule has 6 heteroatoms. The molecule has 0 fully saturated rings. The molecule has 0 spiro atoms. The van der Waals surface area contributed by atoms with Gasteiger partial charge in [-0.2, -0.15) is 0 Å². The summed E-state index contributed by atoms with van der Waals surface area (Å²) in [7, 11) is 3.10. The molecule has 2 aromatic rings. The molecule has 1 atom stereocenters. The molecule has 1 heterocycles. The average molecular weight is 341 g/mol. The van der Waals surface area contributed by atoms with Gasteiger partial charge in [0.15, 0.2) is 0 Å². The number of methoxy groups -OCH3 is 2. The lowest BCUT2D eigenvalue weighted by atomic mass is 10.0. The van der Waals surface area contributed by atoms with Gasteiger partial charge >= 0.3 is 5.97 Å². The van der Waals surface area contributed by atoms with Gasteiger partial charge in [-0.3, -0.25) is 0 Å². The number of nitrogens with zero attached hydrogens (tertiary/aromatic N) is 1. The second-order valence-electron chi connectivity index (χ2n) is 5.61. The van der Waals surface area contributed by atoms with Crippen LogP contribution in [0.5, 0.6) is 17.2 Å². The van der Waals surface area contributed by atoms with Gasteiger partial charge < -0.3 is 19.0 Å². The van der Waals surface area contributed by atoms with Crippen LogP contribution in [0.3, 0.4) is 0 Å². The van der Waals surface area contributed by atoms with Crippen molar-refractivity contribution in [3.05, 3.63) is 53.6 Å². The monoisotopic (exact) mass is 341 g/mol. The maximum Gasteiger partial charge on any atom is 0.369 e. The summed E-state index contributed by atoms with van der Waals surface area (Å²) in [6.45, 7) is 1.93. The number of fused-ring (bicyclic) bond motifs is 1. The fourth-order valence-corrected chi connectivity index (χ4v) is 2.65. The van der Waals surface area contributed by atoms with Gasteiger partial charge in [0.05, 0.1) is 19.9 Å². The topological polar surface area (TPSA) is 66.3 Å². The zero-order valence-corrected chi connectivity index (χ0v) is 14.3. The van der Waals surface area contributed by atoms with Crippen molar-refractivity contribution in [3.63, 3.8) is 0 Å². The van der Waals surface area contributed by atoms with Crippen molar-refractivity contribution in [2.24, 2.45) is 5.16 Å². The average Bonchev–Trinajstić information content (AvgIpc) is 2.65. The second-order valence-corrected chi connectivity index (χ2v) is 5.61. The number of oxime groups is 1. The van der Waals surface area contributed by atoms with Crippen LogP contribution in [0.4, 0.5) is 0 Å². The minimum absolute atomic E-state index is 0.0803. The van der Waals surface area contributed by atoms with Crippen LogP contribution in [0.2, 0.25) is 0 Å². The molecule has 0 aliphatic carbocycles. The van der Waals surface area contributed by atoms with Gasteiger partial charge in [-0.15, -0.1) is 0 Å². The molecule has 0 bridgehead atoms. The zero-order chi connectivity index (χ0) is 17.8. The number of carbonyl (C=O) groups is 1. The van der Waals surface area contributed by atoms with Crippen molar-refractivity contribution in [1.29, 1.82) is 0 Å². The summed E-state index contributed by atoms with van der Waals surface area (Å²) in [5.74, 6) is 1.22. The Morgan fingerprint density at radius 1 is 1.16 bits per heavy atom. The van der Waals surface area contributed by atoms with Crippen LogP contribution < -0.4 is 14.2 Å². The Morgan fingerprint density at radius 3 is 2.72 bits per heavy atom. The normalized spacial score (nSPS) is 17.4. The molecule has 1 aliphatic rings. The summed E-state index contributed by atoms with van der Waals surface area (Å²) < 4.78 is 16.2. The van der Waals surface area contributed by atoms with E-state index in [-0.39, 0.29) is 6.10 Å². The summed E-state index contributed by atoms with van der Waals surface area (Å²) in [6.07, 6.45) is 0.460. The highest BCUT2D eigenvalue weighted by Crippen LogP contribution is 2.32. The summed E-state index contributed by atoms with van der Waals surface area (Å²) >= 11 is 0. The van der Waals surface area contributed by atoms with E-state index >= 15 is 0 Å². The van der Waals surface area contributed by atoms with Gasteiger partial charge in [-0.1, -0.05) is 17.3 Å². The Labute approximate surface area is 146 Å². The van der Waals surface area contributed by atoms with Crippen LogP contribution in [0.1, 0.15) is 29.3 Å². The van der Waals surface area contributed by atoms with E-state index in [4.69, 9.17) is 19.0 Å². The number of ether oxygens (including phenoxy) is 3. The van der Waals surface area contributed by atoms with E-state index in [0.29, 0.717) is 34.9 Å². The van der Waals surface area contributed by atoms with Crippen LogP contribution in [0.25, 0.3) is 0 Å². The van der Waals surface area contributed by atoms with Gasteiger partial charge in [0, 0.05) is 18.1 Å². The first-order valence-electron chi connectivity index (χ1n) is 7.88. The Kier molecular flexibility index (Phi) is 4.88. The first kappa shape index (κ1) is 16.8. The molecule has 1 aliphatic heterocycles. The predicted octanol–water partition coefficient (Wildman–Crippen LogP) is 3.44. The number of benzene rings is 2. The molecule has 0 amide bonds. The maximum atomic E-state index is 12.3. The van der Waals surface area contributed by atoms with Crippen molar-refractivity contribution in [2.75, 3.05) is 14.2 Å². The Morgan fingerprint density at radius 2 is 1.96 bits per heavy atom. The third-order valence-electron chi connectivity index (χ3n) is 3.87. The molecule has 0 saturated carbocycles. The molecular weight excluding hydrogens is 322 g/mol. The van der Waals surface area contributed by atoms with Crippen molar-refractivity contribution in [1.82, 2.24) is 0 Å². The Bertz CT molecular complexity index is 815. The number of hydrogen-bond donors (Lipinski definition) is 0. The van der Waals surface area contributed by atoms with E-state index in [1.54, 1.807) is 37.4 Å². The molecule has 0 unspecified atom stereocenters. The fourth-order valence-electron chi connectivity index (χ4n) is 2.65. The van der Waals surface area contributed by atoms with Gasteiger partial charge in [0.25, 0.3) is 0 Å². The summed E-state index contributed by atoms with van der Waals surface area (Å²) in [6, 6.07) is 12.3. The molecular formula is C19H19NO5. The van der Waals surface area contributed by atoms with E-state index in [0.717, 1.165) is 5.56 Å². The van der Waals surface area contributed by atoms with Crippen LogP contribution in [-0.2, 0) is 4.84 Å². The summed E-state index contributed by atoms with van der Waals surface area (Å²) in [5, 5.41) is 4.07. The minimum atomic E-state index is -0.570. The lowest BCUT2D eigenvalue weighted by Gasteiger charge is -2.24. The van der Waals surface area contributed by atoms with Crippen molar-refractivity contribution in [3.8, 4) is 17.2 Å². The van der Waals surface area contributed by atoms with Crippen LogP contribution in [0.15, 0.2) is 47.6 Å². The van der Waals surface area contributed by atoms with E-state index in [1.165, 1.54) is 7.11 Å². The van der Waals surface area contributed by atoms with E-state index in [9.17, 15) is 4.79 Å². The molecule has 2 aromatic carbocycles. The van der Waals surface area contributed by atoms with Crippen molar-refractivity contribution >= 4 is 11.7 Å². The van der Waals surface area contributed by atoms with Gasteiger partial charge in [-0.25, -0.2) is 4.79 Å². The first-order chi connectivity index (χ1) is 12.1. The molecule has 0 saturated heterocycles. The number of para-hydroxylation sites is 1. The smallest absolute Gasteiger partial charge is 0.369 e. The Hall–Kier alpha value is -3.02. The minimum Gasteiger partial charge on any atom is -0.497 e. The molecule has 0 aromatic heterocycles. The molecule has 25 heavy (non-hydrogen) atoms. The standard InChI is InChI=1S/C19H19NO5/c1-12-10-16(14-9-8-13(22-2)11-18(14)24-12)20-25-19(21)15-6-4-5-7-17(15)23-3/h4-9,11-12H,10H2,1-3H3/b20-16+/t12-/m0/s1. The van der Waals surface area contributed by atoms with Crippen LogP contribution in [0, 0.1) is 0 Å². The van der Waals surface area contributed by atoms with Gasteiger partial charge in [0.1, 0.15) is 28.9 Å². The maximum absolute atomic E-state index is 12.3. The number of rotatable bonds is 4. The highest BCUT2D eigenvalue weighted by atomic mass is 16.7. The highest BCUT2D eigenvalue weighted by Gasteiger charge is 2.24. The third kappa shape index (κ3) is 3.57. The zero-order valence-electron chi connectivity index (χ0n) is 14.3. The Balaban J connectivity index is 1.86. The number of hydrogen-bond acceptors (Lipinski definition) is 6. The second kappa shape index (κ2) is 7.25. The van der Waals surface area contributed by atoms with Crippen molar-refractivity contribution < 1.29 is 23.8 Å². The van der Waals surface area contributed by atoms with Crippen LogP contribution in [-0.4, -0.2) is 32.0 Å². The van der Waals surface area contributed by atoms with E-state index in [1.807, 2.05) is 19.1 Å². The lowest BCUT2D eigenvalue weighted by Crippen LogP contribution is -2.25. The van der Waals surface area contributed by atoms with E-state index in [2.05, 4.69) is 5.16 Å². The summed E-state index contributed by atoms with van der Waals surface area (Å²) in [5.41, 5.74) is 1.76. The molecule has 6 nitrogen and oxygen atoms in total. The highest BCUT2D eigenvalue weighted by molar-refractivity contribution is 6.04. The fraction of sp³-hybridized carbons (Fsp3) is 0.263. The molecule has 130 valence electrons. The lowest BCUT2D eigenvalue weighted by molar-refractivity contribution is 0.0509. The van der Waals surface area contributed by atoms with E-state index < -0.39 is 5.97 Å².